The number of ether oxygens (including phenoxy) is 1. The Morgan fingerprint density at radius 1 is 0.963 bits per heavy atom. The van der Waals surface area contributed by atoms with Crippen LogP contribution < -0.4 is 20.1 Å². The molecule has 0 radical (unpaired) electrons. The molecule has 0 saturated heterocycles. The van der Waals surface area contributed by atoms with E-state index in [4.69, 9.17) is 4.74 Å². The summed E-state index contributed by atoms with van der Waals surface area (Å²) >= 11 is 0. The van der Waals surface area contributed by atoms with E-state index in [0.29, 0.717) is 27.7 Å². The Morgan fingerprint density at radius 3 is 1.96 bits per heavy atom. The van der Waals surface area contributed by atoms with Crippen LogP contribution in [0.3, 0.4) is 0 Å². The van der Waals surface area contributed by atoms with Crippen LogP contribution in [0, 0.1) is 0 Å². The highest BCUT2D eigenvalue weighted by atomic mass is 32.2. The number of carbonyl (C=O) groups excluding carboxylic acids is 1. The highest BCUT2D eigenvalue weighted by Gasteiger charge is 2.06. The van der Waals surface area contributed by atoms with Gasteiger partial charge in [-0.25, -0.2) is 9.00 Å². The first kappa shape index (κ1) is 20.0. The van der Waals surface area contributed by atoms with E-state index in [1.807, 2.05) is 0 Å². The van der Waals surface area contributed by atoms with Crippen molar-refractivity contribution in [1.29, 1.82) is 0 Å². The van der Waals surface area contributed by atoms with Gasteiger partial charge < -0.3 is 20.1 Å². The van der Waals surface area contributed by atoms with Gasteiger partial charge in [0.05, 0.1) is 12.0 Å². The van der Waals surface area contributed by atoms with Crippen molar-refractivity contribution in [2.45, 2.75) is 0 Å². The van der Waals surface area contributed by atoms with Crippen molar-refractivity contribution < 1.29 is 13.7 Å². The zero-order valence-corrected chi connectivity index (χ0v) is 15.7. The summed E-state index contributed by atoms with van der Waals surface area (Å²) in [4.78, 5) is 12.6. The molecule has 2 aromatic carbocycles. The molecule has 1 unspecified atom stereocenters. The monoisotopic (exact) mass is 383 g/mol. The summed E-state index contributed by atoms with van der Waals surface area (Å²) in [5.41, 5.74) is 1.89. The Kier molecular flexibility index (Phi) is 7.39. The average Bonchev–Trinajstić information content (AvgIpc) is 2.68. The molecule has 6 nitrogen and oxygen atoms in total. The van der Waals surface area contributed by atoms with Crippen molar-refractivity contribution in [3.05, 3.63) is 84.8 Å². The molecule has 3 N–H and O–H groups in total. The van der Waals surface area contributed by atoms with Crippen LogP contribution in [-0.2, 0) is 11.0 Å². The van der Waals surface area contributed by atoms with Crippen LogP contribution in [0.25, 0.3) is 0 Å². The van der Waals surface area contributed by atoms with Crippen LogP contribution in [0.1, 0.15) is 0 Å². The number of nitrogens with one attached hydrogen (secondary N) is 3. The molecule has 0 aliphatic heterocycles. The zero-order valence-electron chi connectivity index (χ0n) is 14.9. The first-order chi connectivity index (χ1) is 13.0. The van der Waals surface area contributed by atoms with Crippen LogP contribution in [-0.4, -0.2) is 17.3 Å². The molecular weight excluding hydrogens is 362 g/mol. The third kappa shape index (κ3) is 6.16. The minimum atomic E-state index is -1.44. The Hall–Kier alpha value is -3.32. The van der Waals surface area contributed by atoms with Crippen molar-refractivity contribution in [3.63, 3.8) is 0 Å². The lowest BCUT2D eigenvalue weighted by atomic mass is 10.3. The van der Waals surface area contributed by atoms with Gasteiger partial charge in [0.15, 0.2) is 0 Å². The number of hydrogen-bond acceptors (Lipinski definition) is 3. The van der Waals surface area contributed by atoms with Gasteiger partial charge in [0.2, 0.25) is 0 Å². The molecular formula is C20H21N3O3S. The molecule has 0 heterocycles. The van der Waals surface area contributed by atoms with Crippen LogP contribution in [0.5, 0.6) is 5.75 Å². The molecule has 0 fully saturated rings. The number of amides is 2. The SMILES string of the molecule is C=C/C=C(\C=C)S(=O)Nc1ccc(NC(=O)Nc2ccc(OC)cc2)cc1. The molecule has 0 spiro atoms. The molecule has 2 aromatic rings. The van der Waals surface area contributed by atoms with Crippen LogP contribution in [0.2, 0.25) is 0 Å². The average molecular weight is 383 g/mol. The van der Waals surface area contributed by atoms with E-state index in [1.54, 1.807) is 67.8 Å². The number of benzene rings is 2. The normalized spacial score (nSPS) is 11.8. The molecule has 1 atom stereocenters. The third-order valence-corrected chi connectivity index (χ3v) is 4.55. The molecule has 0 aliphatic rings. The Labute approximate surface area is 161 Å². The van der Waals surface area contributed by atoms with E-state index >= 15 is 0 Å². The largest absolute Gasteiger partial charge is 0.497 e. The fraction of sp³-hybridized carbons (Fsp3) is 0.0500. The lowest BCUT2D eigenvalue weighted by Gasteiger charge is -2.10. The summed E-state index contributed by atoms with van der Waals surface area (Å²) in [6.07, 6.45) is 4.67. The maximum Gasteiger partial charge on any atom is 0.323 e. The quantitative estimate of drug-likeness (QED) is 0.580. The standard InChI is InChI=1S/C20H21N3O3S/c1-4-6-19(5-2)27(25)23-17-9-7-15(8-10-17)21-20(24)22-16-11-13-18(26-3)14-12-16/h4-14,23H,1-2H2,3H3,(H2,21,22,24)/b19-6+. The van der Waals surface area contributed by atoms with Gasteiger partial charge in [0.25, 0.3) is 0 Å². The summed E-state index contributed by atoms with van der Waals surface area (Å²) in [6, 6.07) is 13.5. The summed E-state index contributed by atoms with van der Waals surface area (Å²) < 4.78 is 20.1. The second-order valence-corrected chi connectivity index (χ2v) is 6.48. The summed E-state index contributed by atoms with van der Waals surface area (Å²) in [6.45, 7) is 7.20. The lowest BCUT2D eigenvalue weighted by molar-refractivity contribution is 0.262. The number of methoxy groups -OCH3 is 1. The van der Waals surface area contributed by atoms with Gasteiger partial charge in [-0.3, -0.25) is 0 Å². The molecule has 0 saturated carbocycles. The van der Waals surface area contributed by atoms with Crippen LogP contribution in [0.15, 0.2) is 84.8 Å². The predicted molar refractivity (Wildman–Crippen MR) is 112 cm³/mol. The lowest BCUT2D eigenvalue weighted by Crippen LogP contribution is -2.19. The number of hydrogen-bond donors (Lipinski definition) is 3. The highest BCUT2D eigenvalue weighted by molar-refractivity contribution is 7.90. The zero-order chi connectivity index (χ0) is 19.6. The maximum absolute atomic E-state index is 12.2. The van der Waals surface area contributed by atoms with Crippen molar-refractivity contribution in [3.8, 4) is 5.75 Å². The van der Waals surface area contributed by atoms with Gasteiger partial charge in [-0.15, -0.1) is 0 Å². The van der Waals surface area contributed by atoms with Gasteiger partial charge in [0, 0.05) is 17.1 Å². The second-order valence-electron chi connectivity index (χ2n) is 5.26. The molecule has 7 heteroatoms. The minimum Gasteiger partial charge on any atom is -0.497 e. The molecule has 0 aromatic heterocycles. The number of anilines is 3. The molecule has 27 heavy (non-hydrogen) atoms. The van der Waals surface area contributed by atoms with E-state index in [0.717, 1.165) is 0 Å². The number of urea groups is 1. The first-order valence-corrected chi connectivity index (χ1v) is 9.16. The van der Waals surface area contributed by atoms with Gasteiger partial charge >= 0.3 is 6.03 Å². The number of rotatable bonds is 8. The number of carbonyl (C=O) groups is 1. The van der Waals surface area contributed by atoms with E-state index in [-0.39, 0.29) is 6.03 Å². The third-order valence-electron chi connectivity index (χ3n) is 3.40. The van der Waals surface area contributed by atoms with E-state index < -0.39 is 11.0 Å². The Morgan fingerprint density at radius 2 is 1.48 bits per heavy atom. The van der Waals surface area contributed by atoms with E-state index in [1.165, 1.54) is 6.08 Å². The molecule has 2 amide bonds. The van der Waals surface area contributed by atoms with Crippen molar-refractivity contribution in [2.24, 2.45) is 0 Å². The van der Waals surface area contributed by atoms with Gasteiger partial charge in [-0.2, -0.15) is 0 Å². The smallest absolute Gasteiger partial charge is 0.323 e. The summed E-state index contributed by atoms with van der Waals surface area (Å²) in [5.74, 6) is 0.712. The second kappa shape index (κ2) is 9.98. The van der Waals surface area contributed by atoms with Crippen molar-refractivity contribution in [2.75, 3.05) is 22.5 Å². The molecule has 2 rings (SSSR count). The first-order valence-electron chi connectivity index (χ1n) is 8.01. The van der Waals surface area contributed by atoms with Gasteiger partial charge in [-0.1, -0.05) is 25.3 Å². The van der Waals surface area contributed by atoms with E-state index in [2.05, 4.69) is 28.5 Å². The predicted octanol–water partition coefficient (Wildman–Crippen LogP) is 4.67. The highest BCUT2D eigenvalue weighted by Crippen LogP contribution is 2.18. The fourth-order valence-electron chi connectivity index (χ4n) is 2.08. The van der Waals surface area contributed by atoms with E-state index in [9.17, 15) is 9.00 Å². The fourth-order valence-corrected chi connectivity index (χ4v) is 2.92. The molecule has 0 bridgehead atoms. The number of allylic oxidation sites excluding steroid dienone is 3. The van der Waals surface area contributed by atoms with Crippen molar-refractivity contribution >= 4 is 34.1 Å². The van der Waals surface area contributed by atoms with Crippen LogP contribution in [0.4, 0.5) is 21.9 Å². The van der Waals surface area contributed by atoms with Gasteiger partial charge in [0.1, 0.15) is 16.7 Å². The summed E-state index contributed by atoms with van der Waals surface area (Å²) in [7, 11) is 0.137. The summed E-state index contributed by atoms with van der Waals surface area (Å²) in [5, 5.41) is 5.46. The Balaban J connectivity index is 1.93. The minimum absolute atomic E-state index is 0.368. The molecule has 0 aliphatic carbocycles. The maximum atomic E-state index is 12.2. The topological polar surface area (TPSA) is 79.5 Å². The molecule has 140 valence electrons. The van der Waals surface area contributed by atoms with Gasteiger partial charge in [-0.05, 0) is 54.6 Å². The Bertz CT molecular complexity index is 859. The van der Waals surface area contributed by atoms with Crippen LogP contribution >= 0.6 is 0 Å². The van der Waals surface area contributed by atoms with Crippen molar-refractivity contribution in [1.82, 2.24) is 0 Å².